The van der Waals surface area contributed by atoms with Crippen molar-refractivity contribution in [2.75, 3.05) is 23.3 Å². The number of nitrogens with zero attached hydrogens (tertiary/aromatic N) is 6. The molecule has 4 heterocycles. The number of nitrogens with one attached hydrogen (secondary N) is 1. The van der Waals surface area contributed by atoms with Gasteiger partial charge in [0.2, 0.25) is 5.82 Å². The molecule has 1 saturated heterocycles. The number of carbonyl (C=O) groups excluding carboxylic acids is 1. The molecule has 8 nitrogen and oxygen atoms in total. The van der Waals surface area contributed by atoms with Gasteiger partial charge >= 0.3 is 0 Å². The van der Waals surface area contributed by atoms with E-state index in [2.05, 4.69) is 30.6 Å². The summed E-state index contributed by atoms with van der Waals surface area (Å²) in [6.45, 7) is 4.45. The van der Waals surface area contributed by atoms with E-state index in [0.29, 0.717) is 11.7 Å². The third kappa shape index (κ3) is 2.90. The molecule has 2 atom stereocenters. The summed E-state index contributed by atoms with van der Waals surface area (Å²) < 4.78 is 1.98. The van der Waals surface area contributed by atoms with Gasteiger partial charge in [-0.25, -0.2) is 0 Å². The van der Waals surface area contributed by atoms with E-state index in [0.717, 1.165) is 49.1 Å². The highest BCUT2D eigenvalue weighted by atomic mass is 16.2. The van der Waals surface area contributed by atoms with Gasteiger partial charge in [-0.2, -0.15) is 5.10 Å². The van der Waals surface area contributed by atoms with Crippen LogP contribution in [0.4, 0.5) is 11.5 Å². The molecule has 1 amide bonds. The fourth-order valence-electron chi connectivity index (χ4n) is 4.19. The number of carbonyl (C=O) groups is 1. The van der Waals surface area contributed by atoms with Crippen molar-refractivity contribution in [3.05, 3.63) is 59.8 Å². The molecule has 0 bridgehead atoms. The van der Waals surface area contributed by atoms with Gasteiger partial charge in [-0.15, -0.1) is 15.3 Å². The first kappa shape index (κ1) is 16.9. The summed E-state index contributed by atoms with van der Waals surface area (Å²) in [6.07, 6.45) is 0.997. The molecule has 1 N–H and O–H groups in total. The lowest BCUT2D eigenvalue weighted by Gasteiger charge is -2.24. The van der Waals surface area contributed by atoms with Crippen LogP contribution in [0, 0.1) is 12.8 Å². The standard InChI is InChI=1S/C20H21N7O/c1-13-7-8-17(23-22-13)26-11-14-9-10-27-18(16(14)12-26)24-25-19(27)20(28)21-15-5-3-2-4-6-15/h2-8,14,16H,9-12H2,1H3,(H,21,28). The summed E-state index contributed by atoms with van der Waals surface area (Å²) in [7, 11) is 0. The predicted molar refractivity (Wildman–Crippen MR) is 104 cm³/mol. The van der Waals surface area contributed by atoms with Crippen LogP contribution in [-0.4, -0.2) is 44.0 Å². The van der Waals surface area contributed by atoms with E-state index >= 15 is 0 Å². The fraction of sp³-hybridized carbons (Fsp3) is 0.350. The molecule has 2 aliphatic heterocycles. The van der Waals surface area contributed by atoms with Gasteiger partial charge in [0.1, 0.15) is 5.82 Å². The molecular formula is C20H21N7O. The molecule has 3 aromatic rings. The second kappa shape index (κ2) is 6.70. The normalized spacial score (nSPS) is 20.5. The second-order valence-corrected chi connectivity index (χ2v) is 7.45. The fourth-order valence-corrected chi connectivity index (χ4v) is 4.19. The molecule has 2 aromatic heterocycles. The van der Waals surface area contributed by atoms with E-state index in [-0.39, 0.29) is 11.8 Å². The Balaban J connectivity index is 1.37. The number of aromatic nitrogens is 5. The average Bonchev–Trinajstić information content (AvgIpc) is 3.33. The molecule has 0 spiro atoms. The molecule has 1 aromatic carbocycles. The number of anilines is 2. The summed E-state index contributed by atoms with van der Waals surface area (Å²) in [4.78, 5) is 15.0. The number of fused-ring (bicyclic) bond motifs is 3. The van der Waals surface area contributed by atoms with Crippen molar-refractivity contribution in [1.82, 2.24) is 25.0 Å². The van der Waals surface area contributed by atoms with Crippen molar-refractivity contribution < 1.29 is 4.79 Å². The highest BCUT2D eigenvalue weighted by molar-refractivity contribution is 6.01. The topological polar surface area (TPSA) is 88.8 Å². The van der Waals surface area contributed by atoms with Crippen LogP contribution in [0.3, 0.4) is 0 Å². The van der Waals surface area contributed by atoms with Gasteiger partial charge in [0.15, 0.2) is 5.82 Å². The van der Waals surface area contributed by atoms with Gasteiger partial charge < -0.3 is 14.8 Å². The van der Waals surface area contributed by atoms with Crippen LogP contribution >= 0.6 is 0 Å². The van der Waals surface area contributed by atoms with Gasteiger partial charge in [-0.05, 0) is 43.5 Å². The minimum absolute atomic E-state index is 0.220. The minimum Gasteiger partial charge on any atom is -0.354 e. The Hall–Kier alpha value is -3.29. The van der Waals surface area contributed by atoms with Crippen molar-refractivity contribution in [3.63, 3.8) is 0 Å². The Morgan fingerprint density at radius 2 is 1.89 bits per heavy atom. The predicted octanol–water partition coefficient (Wildman–Crippen LogP) is 2.25. The van der Waals surface area contributed by atoms with Crippen LogP contribution in [0.2, 0.25) is 0 Å². The number of benzene rings is 1. The second-order valence-electron chi connectivity index (χ2n) is 7.45. The number of hydrogen-bond acceptors (Lipinski definition) is 6. The first-order valence-corrected chi connectivity index (χ1v) is 9.54. The maximum atomic E-state index is 12.7. The van der Waals surface area contributed by atoms with Crippen LogP contribution in [-0.2, 0) is 6.54 Å². The van der Waals surface area contributed by atoms with E-state index in [9.17, 15) is 4.79 Å². The van der Waals surface area contributed by atoms with Crippen molar-refractivity contribution in [2.24, 2.45) is 5.92 Å². The average molecular weight is 375 g/mol. The summed E-state index contributed by atoms with van der Waals surface area (Å²) >= 11 is 0. The maximum absolute atomic E-state index is 12.7. The molecule has 1 fully saturated rings. The Labute approximate surface area is 162 Å². The number of aryl methyl sites for hydroxylation is 1. The van der Waals surface area contributed by atoms with Crippen LogP contribution in [0.15, 0.2) is 42.5 Å². The van der Waals surface area contributed by atoms with E-state index in [1.807, 2.05) is 54.0 Å². The highest BCUT2D eigenvalue weighted by Gasteiger charge is 2.41. The van der Waals surface area contributed by atoms with E-state index in [1.165, 1.54) is 0 Å². The largest absolute Gasteiger partial charge is 0.354 e. The molecule has 0 radical (unpaired) electrons. The summed E-state index contributed by atoms with van der Waals surface area (Å²) in [5.74, 6) is 2.70. The van der Waals surface area contributed by atoms with Crippen molar-refractivity contribution in [3.8, 4) is 0 Å². The zero-order chi connectivity index (χ0) is 19.1. The monoisotopic (exact) mass is 375 g/mol. The number of hydrogen-bond donors (Lipinski definition) is 1. The molecule has 0 saturated carbocycles. The molecule has 2 aliphatic rings. The Morgan fingerprint density at radius 1 is 1.04 bits per heavy atom. The summed E-state index contributed by atoms with van der Waals surface area (Å²) in [6, 6.07) is 13.4. The maximum Gasteiger partial charge on any atom is 0.293 e. The zero-order valence-corrected chi connectivity index (χ0v) is 15.6. The quantitative estimate of drug-likeness (QED) is 0.755. The zero-order valence-electron chi connectivity index (χ0n) is 15.6. The van der Waals surface area contributed by atoms with Crippen LogP contribution in [0.5, 0.6) is 0 Å². The van der Waals surface area contributed by atoms with Crippen molar-refractivity contribution in [1.29, 1.82) is 0 Å². The van der Waals surface area contributed by atoms with Gasteiger partial charge in [0.25, 0.3) is 5.91 Å². The van der Waals surface area contributed by atoms with Gasteiger partial charge in [0.05, 0.1) is 5.69 Å². The molecular weight excluding hydrogens is 354 g/mol. The lowest BCUT2D eigenvalue weighted by Crippen LogP contribution is -2.27. The summed E-state index contributed by atoms with van der Waals surface area (Å²) in [5.41, 5.74) is 1.66. The molecule has 2 unspecified atom stereocenters. The Bertz CT molecular complexity index is 999. The smallest absolute Gasteiger partial charge is 0.293 e. The molecule has 0 aliphatic carbocycles. The van der Waals surface area contributed by atoms with Gasteiger partial charge in [0, 0.05) is 31.2 Å². The number of rotatable bonds is 3. The Kier molecular flexibility index (Phi) is 4.03. The lowest BCUT2D eigenvalue weighted by atomic mass is 9.89. The van der Waals surface area contributed by atoms with E-state index in [1.54, 1.807) is 0 Å². The summed E-state index contributed by atoms with van der Waals surface area (Å²) in [5, 5.41) is 20.0. The van der Waals surface area contributed by atoms with Crippen molar-refractivity contribution in [2.45, 2.75) is 25.8 Å². The van der Waals surface area contributed by atoms with Crippen LogP contribution in [0.25, 0.3) is 0 Å². The molecule has 5 rings (SSSR count). The first-order valence-electron chi connectivity index (χ1n) is 9.54. The number of amides is 1. The first-order chi connectivity index (χ1) is 13.7. The Morgan fingerprint density at radius 3 is 2.68 bits per heavy atom. The molecule has 28 heavy (non-hydrogen) atoms. The SMILES string of the molecule is Cc1ccc(N2CC3CCn4c(C(=O)Nc5ccccc5)nnc4C3C2)nn1. The van der Waals surface area contributed by atoms with Gasteiger partial charge in [-0.3, -0.25) is 4.79 Å². The van der Waals surface area contributed by atoms with E-state index in [4.69, 9.17) is 0 Å². The number of para-hydroxylation sites is 1. The van der Waals surface area contributed by atoms with Crippen molar-refractivity contribution >= 4 is 17.4 Å². The third-order valence-corrected chi connectivity index (χ3v) is 5.62. The lowest BCUT2D eigenvalue weighted by molar-refractivity contribution is 0.101. The molecule has 8 heteroatoms. The van der Waals surface area contributed by atoms with Crippen LogP contribution < -0.4 is 10.2 Å². The van der Waals surface area contributed by atoms with E-state index < -0.39 is 0 Å². The van der Waals surface area contributed by atoms with Crippen LogP contribution in [0.1, 0.15) is 34.5 Å². The van der Waals surface area contributed by atoms with Gasteiger partial charge in [-0.1, -0.05) is 18.2 Å². The third-order valence-electron chi connectivity index (χ3n) is 5.62. The highest BCUT2D eigenvalue weighted by Crippen LogP contribution is 2.39. The minimum atomic E-state index is -0.220. The molecule has 142 valence electrons.